The number of hydrogen-bond donors (Lipinski definition) is 2. The van der Waals surface area contributed by atoms with E-state index in [0.717, 1.165) is 6.42 Å². The molecule has 0 saturated carbocycles. The number of carbonyl (C=O) groups excluding carboxylic acids is 1. The molecule has 0 fully saturated rings. The largest absolute Gasteiger partial charge is 0.484 e. The standard InChI is InChI=1S/C18H22N2O4S/c1-3-14-7-9-16(10-8-14)24-12-18(21)20-13(2)15-5-4-6-17(11-15)25(19,22)23/h4-11,13H,3,12H2,1-2H3,(H,20,21)(H2,19,22,23). The molecule has 3 N–H and O–H groups in total. The molecule has 0 aromatic heterocycles. The van der Waals surface area contributed by atoms with Crippen LogP contribution in [-0.2, 0) is 21.2 Å². The molecule has 2 aromatic carbocycles. The lowest BCUT2D eigenvalue weighted by Crippen LogP contribution is -2.31. The van der Waals surface area contributed by atoms with E-state index in [1.807, 2.05) is 24.3 Å². The Hall–Kier alpha value is -2.38. The number of benzene rings is 2. The molecule has 0 spiro atoms. The van der Waals surface area contributed by atoms with Gasteiger partial charge in [0.2, 0.25) is 10.0 Å². The summed E-state index contributed by atoms with van der Waals surface area (Å²) in [6.07, 6.45) is 0.940. The number of ether oxygens (including phenoxy) is 1. The Kier molecular flexibility index (Phi) is 6.17. The maximum Gasteiger partial charge on any atom is 0.258 e. The number of rotatable bonds is 7. The first-order valence-corrected chi connectivity index (χ1v) is 9.48. The Morgan fingerprint density at radius 3 is 2.48 bits per heavy atom. The molecule has 0 aliphatic carbocycles. The molecule has 1 unspecified atom stereocenters. The van der Waals surface area contributed by atoms with Crippen molar-refractivity contribution in [3.63, 3.8) is 0 Å². The highest BCUT2D eigenvalue weighted by molar-refractivity contribution is 7.89. The van der Waals surface area contributed by atoms with Crippen molar-refractivity contribution in [1.29, 1.82) is 0 Å². The Labute approximate surface area is 148 Å². The molecular weight excluding hydrogens is 340 g/mol. The van der Waals surface area contributed by atoms with Gasteiger partial charge in [0.15, 0.2) is 6.61 Å². The van der Waals surface area contributed by atoms with Crippen LogP contribution in [0.3, 0.4) is 0 Å². The predicted octanol–water partition coefficient (Wildman–Crippen LogP) is 2.15. The quantitative estimate of drug-likeness (QED) is 0.788. The van der Waals surface area contributed by atoms with Crippen molar-refractivity contribution >= 4 is 15.9 Å². The fraction of sp³-hybridized carbons (Fsp3) is 0.278. The van der Waals surface area contributed by atoms with E-state index >= 15 is 0 Å². The smallest absolute Gasteiger partial charge is 0.258 e. The summed E-state index contributed by atoms with van der Waals surface area (Å²) in [6, 6.07) is 13.4. The summed E-state index contributed by atoms with van der Waals surface area (Å²) in [5.41, 5.74) is 1.84. The molecule has 0 aliphatic heterocycles. The molecule has 0 bridgehead atoms. The summed E-state index contributed by atoms with van der Waals surface area (Å²) in [6.45, 7) is 3.70. The highest BCUT2D eigenvalue weighted by atomic mass is 32.2. The maximum absolute atomic E-state index is 12.0. The van der Waals surface area contributed by atoms with Crippen LogP contribution in [0.1, 0.15) is 31.0 Å². The normalized spacial score (nSPS) is 12.4. The molecule has 6 nitrogen and oxygen atoms in total. The van der Waals surface area contributed by atoms with E-state index in [1.54, 1.807) is 19.1 Å². The van der Waals surface area contributed by atoms with Gasteiger partial charge in [-0.2, -0.15) is 0 Å². The van der Waals surface area contributed by atoms with Gasteiger partial charge in [-0.05, 0) is 48.7 Å². The van der Waals surface area contributed by atoms with Gasteiger partial charge >= 0.3 is 0 Å². The van der Waals surface area contributed by atoms with E-state index in [2.05, 4.69) is 12.2 Å². The zero-order chi connectivity index (χ0) is 18.4. The van der Waals surface area contributed by atoms with Crippen molar-refractivity contribution in [2.75, 3.05) is 6.61 Å². The van der Waals surface area contributed by atoms with Crippen LogP contribution in [-0.4, -0.2) is 20.9 Å². The molecular formula is C18H22N2O4S. The molecule has 25 heavy (non-hydrogen) atoms. The summed E-state index contributed by atoms with van der Waals surface area (Å²) in [4.78, 5) is 12.0. The molecule has 1 amide bonds. The van der Waals surface area contributed by atoms with E-state index in [-0.39, 0.29) is 23.5 Å². The number of sulfonamides is 1. The fourth-order valence-electron chi connectivity index (χ4n) is 2.30. The molecule has 0 saturated heterocycles. The van der Waals surface area contributed by atoms with Crippen LogP contribution in [0.25, 0.3) is 0 Å². The Bertz CT molecular complexity index is 832. The van der Waals surface area contributed by atoms with E-state index < -0.39 is 10.0 Å². The van der Waals surface area contributed by atoms with Gasteiger partial charge in [0.1, 0.15) is 5.75 Å². The van der Waals surface area contributed by atoms with Gasteiger partial charge in [-0.25, -0.2) is 13.6 Å². The lowest BCUT2D eigenvalue weighted by molar-refractivity contribution is -0.123. The van der Waals surface area contributed by atoms with Gasteiger partial charge < -0.3 is 10.1 Å². The first-order valence-electron chi connectivity index (χ1n) is 7.93. The summed E-state index contributed by atoms with van der Waals surface area (Å²) < 4.78 is 28.3. The first kappa shape index (κ1) is 19.0. The van der Waals surface area contributed by atoms with E-state index in [0.29, 0.717) is 11.3 Å². The second-order valence-corrected chi connectivity index (χ2v) is 7.25. The summed E-state index contributed by atoms with van der Waals surface area (Å²) in [7, 11) is -3.78. The van der Waals surface area contributed by atoms with Crippen LogP contribution in [0.5, 0.6) is 5.75 Å². The number of hydrogen-bond acceptors (Lipinski definition) is 4. The predicted molar refractivity (Wildman–Crippen MR) is 95.7 cm³/mol. The van der Waals surface area contributed by atoms with Gasteiger partial charge in [-0.15, -0.1) is 0 Å². The van der Waals surface area contributed by atoms with E-state index in [4.69, 9.17) is 9.88 Å². The second kappa shape index (κ2) is 8.13. The Morgan fingerprint density at radius 1 is 1.20 bits per heavy atom. The molecule has 7 heteroatoms. The van der Waals surface area contributed by atoms with Gasteiger partial charge in [0.25, 0.3) is 5.91 Å². The number of carbonyl (C=O) groups is 1. The van der Waals surface area contributed by atoms with Crippen molar-refractivity contribution < 1.29 is 17.9 Å². The number of aryl methyl sites for hydroxylation is 1. The van der Waals surface area contributed by atoms with Gasteiger partial charge in [-0.3, -0.25) is 4.79 Å². The van der Waals surface area contributed by atoms with Crippen molar-refractivity contribution in [3.8, 4) is 5.75 Å². The van der Waals surface area contributed by atoms with Crippen LogP contribution in [0.2, 0.25) is 0 Å². The lowest BCUT2D eigenvalue weighted by Gasteiger charge is -2.15. The molecule has 0 heterocycles. The monoisotopic (exact) mass is 362 g/mol. The third-order valence-corrected chi connectivity index (χ3v) is 4.68. The third kappa shape index (κ3) is 5.58. The zero-order valence-corrected chi connectivity index (χ0v) is 15.0. The SMILES string of the molecule is CCc1ccc(OCC(=O)NC(C)c2cccc(S(N)(=O)=O)c2)cc1. The van der Waals surface area contributed by atoms with Gasteiger partial charge in [0, 0.05) is 0 Å². The number of nitrogens with two attached hydrogens (primary N) is 1. The topological polar surface area (TPSA) is 98.5 Å². The molecule has 0 aliphatic rings. The molecule has 2 aromatic rings. The van der Waals surface area contributed by atoms with Crippen LogP contribution in [0, 0.1) is 0 Å². The fourth-order valence-corrected chi connectivity index (χ4v) is 2.87. The highest BCUT2D eigenvalue weighted by Crippen LogP contribution is 2.17. The second-order valence-electron chi connectivity index (χ2n) is 5.69. The number of amides is 1. The van der Waals surface area contributed by atoms with Crippen molar-refractivity contribution in [2.24, 2.45) is 5.14 Å². The number of primary sulfonamides is 1. The highest BCUT2D eigenvalue weighted by Gasteiger charge is 2.14. The minimum atomic E-state index is -3.78. The summed E-state index contributed by atoms with van der Waals surface area (Å²) in [5, 5.41) is 7.89. The molecule has 0 radical (unpaired) electrons. The average Bonchev–Trinajstić information content (AvgIpc) is 2.59. The Balaban J connectivity index is 1.93. The molecule has 1 atom stereocenters. The number of nitrogens with one attached hydrogen (secondary N) is 1. The third-order valence-electron chi connectivity index (χ3n) is 3.77. The molecule has 134 valence electrons. The average molecular weight is 362 g/mol. The van der Waals surface area contributed by atoms with Crippen molar-refractivity contribution in [1.82, 2.24) is 5.32 Å². The first-order chi connectivity index (χ1) is 11.8. The van der Waals surface area contributed by atoms with Crippen LogP contribution >= 0.6 is 0 Å². The van der Waals surface area contributed by atoms with E-state index in [9.17, 15) is 13.2 Å². The molecule has 2 rings (SSSR count). The lowest BCUT2D eigenvalue weighted by atomic mass is 10.1. The minimum absolute atomic E-state index is 0.0124. The zero-order valence-electron chi connectivity index (χ0n) is 14.2. The van der Waals surface area contributed by atoms with Crippen molar-refractivity contribution in [2.45, 2.75) is 31.2 Å². The van der Waals surface area contributed by atoms with Crippen LogP contribution < -0.4 is 15.2 Å². The minimum Gasteiger partial charge on any atom is -0.484 e. The van der Waals surface area contributed by atoms with E-state index in [1.165, 1.54) is 17.7 Å². The maximum atomic E-state index is 12.0. The van der Waals surface area contributed by atoms with Gasteiger partial charge in [-0.1, -0.05) is 31.2 Å². The van der Waals surface area contributed by atoms with Crippen LogP contribution in [0.15, 0.2) is 53.4 Å². The summed E-state index contributed by atoms with van der Waals surface area (Å²) in [5.74, 6) is 0.323. The van der Waals surface area contributed by atoms with Crippen molar-refractivity contribution in [3.05, 3.63) is 59.7 Å². The summed E-state index contributed by atoms with van der Waals surface area (Å²) >= 11 is 0. The Morgan fingerprint density at radius 2 is 1.88 bits per heavy atom. The van der Waals surface area contributed by atoms with Crippen LogP contribution in [0.4, 0.5) is 0 Å². The van der Waals surface area contributed by atoms with Gasteiger partial charge in [0.05, 0.1) is 10.9 Å².